The standard InChI is InChI=1S/C22H23N3O4/c1-27-16-6-4-5-14(9-16)20-21(19(24-25-20)13-7-8-13)23-22(26)15-10-17(28-2)12-18(11-15)29-3/h4-6,9-13H,7-8H2,1-3H3,(H,23,26)(H,24,25). The summed E-state index contributed by atoms with van der Waals surface area (Å²) in [6.07, 6.45) is 2.16. The van der Waals surface area contributed by atoms with E-state index < -0.39 is 0 Å². The fourth-order valence-electron chi connectivity index (χ4n) is 3.25. The number of aromatic amines is 1. The number of rotatable bonds is 7. The largest absolute Gasteiger partial charge is 0.497 e. The smallest absolute Gasteiger partial charge is 0.256 e. The van der Waals surface area contributed by atoms with Crippen LogP contribution in [0.25, 0.3) is 11.3 Å². The first kappa shape index (κ1) is 18.9. The van der Waals surface area contributed by atoms with Gasteiger partial charge in [0.25, 0.3) is 5.91 Å². The van der Waals surface area contributed by atoms with Gasteiger partial charge in [0.2, 0.25) is 0 Å². The molecule has 0 unspecified atom stereocenters. The molecule has 7 heteroatoms. The summed E-state index contributed by atoms with van der Waals surface area (Å²) in [5.74, 6) is 1.97. The Balaban J connectivity index is 1.71. The van der Waals surface area contributed by atoms with Gasteiger partial charge in [0.15, 0.2) is 0 Å². The van der Waals surface area contributed by atoms with Crippen molar-refractivity contribution < 1.29 is 19.0 Å². The Bertz CT molecular complexity index is 1020. The second-order valence-electron chi connectivity index (χ2n) is 6.92. The van der Waals surface area contributed by atoms with E-state index in [1.807, 2.05) is 24.3 Å². The number of H-pyrrole nitrogens is 1. The maximum atomic E-state index is 13.1. The highest BCUT2D eigenvalue weighted by atomic mass is 16.5. The third-order valence-corrected chi connectivity index (χ3v) is 4.98. The number of carbonyl (C=O) groups excluding carboxylic acids is 1. The van der Waals surface area contributed by atoms with E-state index in [0.717, 1.165) is 29.8 Å². The van der Waals surface area contributed by atoms with Crippen LogP contribution in [0.2, 0.25) is 0 Å². The summed E-state index contributed by atoms with van der Waals surface area (Å²) < 4.78 is 15.9. The molecular weight excluding hydrogens is 370 g/mol. The highest BCUT2D eigenvalue weighted by Crippen LogP contribution is 2.45. The lowest BCUT2D eigenvalue weighted by Crippen LogP contribution is -2.13. The van der Waals surface area contributed by atoms with Crippen molar-refractivity contribution in [2.75, 3.05) is 26.6 Å². The van der Waals surface area contributed by atoms with Crippen molar-refractivity contribution in [1.29, 1.82) is 0 Å². The lowest BCUT2D eigenvalue weighted by molar-refractivity contribution is 0.102. The van der Waals surface area contributed by atoms with Crippen molar-refractivity contribution in [3.05, 3.63) is 53.7 Å². The van der Waals surface area contributed by atoms with Crippen molar-refractivity contribution in [3.8, 4) is 28.5 Å². The quantitative estimate of drug-likeness (QED) is 0.627. The van der Waals surface area contributed by atoms with Crippen LogP contribution in [-0.2, 0) is 0 Å². The first-order valence-electron chi connectivity index (χ1n) is 9.40. The number of methoxy groups -OCH3 is 3. The molecule has 0 bridgehead atoms. The van der Waals surface area contributed by atoms with Crippen LogP contribution in [0.5, 0.6) is 17.2 Å². The number of ether oxygens (including phenoxy) is 3. The Labute approximate surface area is 169 Å². The Morgan fingerprint density at radius 1 is 1.00 bits per heavy atom. The molecule has 0 saturated heterocycles. The first-order valence-corrected chi connectivity index (χ1v) is 9.40. The van der Waals surface area contributed by atoms with Gasteiger partial charge >= 0.3 is 0 Å². The van der Waals surface area contributed by atoms with Crippen LogP contribution in [0.4, 0.5) is 5.69 Å². The molecule has 4 rings (SSSR count). The van der Waals surface area contributed by atoms with Crippen LogP contribution >= 0.6 is 0 Å². The zero-order valence-electron chi connectivity index (χ0n) is 16.6. The molecule has 7 nitrogen and oxygen atoms in total. The maximum absolute atomic E-state index is 13.1. The van der Waals surface area contributed by atoms with Gasteiger partial charge in [-0.3, -0.25) is 9.89 Å². The zero-order valence-corrected chi connectivity index (χ0v) is 16.6. The minimum Gasteiger partial charge on any atom is -0.497 e. The van der Waals surface area contributed by atoms with Gasteiger partial charge in [-0.1, -0.05) is 12.1 Å². The third kappa shape index (κ3) is 3.89. The van der Waals surface area contributed by atoms with E-state index in [1.54, 1.807) is 39.5 Å². The van der Waals surface area contributed by atoms with Crippen LogP contribution in [-0.4, -0.2) is 37.4 Å². The van der Waals surface area contributed by atoms with Crippen molar-refractivity contribution in [2.45, 2.75) is 18.8 Å². The van der Waals surface area contributed by atoms with Gasteiger partial charge < -0.3 is 19.5 Å². The average molecular weight is 393 g/mol. The number of benzene rings is 2. The highest BCUT2D eigenvalue weighted by Gasteiger charge is 2.31. The number of carbonyl (C=O) groups is 1. The van der Waals surface area contributed by atoms with E-state index in [9.17, 15) is 4.79 Å². The van der Waals surface area contributed by atoms with E-state index >= 15 is 0 Å². The molecule has 1 aliphatic carbocycles. The van der Waals surface area contributed by atoms with E-state index in [2.05, 4.69) is 15.5 Å². The van der Waals surface area contributed by atoms with E-state index in [4.69, 9.17) is 14.2 Å². The fraction of sp³-hybridized carbons (Fsp3) is 0.273. The fourth-order valence-corrected chi connectivity index (χ4v) is 3.25. The third-order valence-electron chi connectivity index (χ3n) is 4.98. The van der Waals surface area contributed by atoms with Crippen molar-refractivity contribution >= 4 is 11.6 Å². The molecule has 0 atom stereocenters. The minimum absolute atomic E-state index is 0.255. The Kier molecular flexibility index (Phi) is 5.12. The van der Waals surface area contributed by atoms with Crippen molar-refractivity contribution in [3.63, 3.8) is 0 Å². The van der Waals surface area contributed by atoms with E-state index in [1.165, 1.54) is 0 Å². The number of amides is 1. The molecule has 1 fully saturated rings. The van der Waals surface area contributed by atoms with Gasteiger partial charge in [0.05, 0.1) is 32.7 Å². The average Bonchev–Trinajstić information content (AvgIpc) is 3.53. The monoisotopic (exact) mass is 393 g/mol. The van der Waals surface area contributed by atoms with Gasteiger partial charge in [-0.15, -0.1) is 0 Å². The lowest BCUT2D eigenvalue weighted by Gasteiger charge is -2.11. The topological polar surface area (TPSA) is 85.5 Å². The molecule has 3 aromatic rings. The summed E-state index contributed by atoms with van der Waals surface area (Å²) in [5.41, 5.74) is 3.65. The SMILES string of the molecule is COc1cc(OC)cc(C(=O)Nc2c(-c3cccc(OC)c3)n[nH]c2C2CC2)c1. The molecule has 0 spiro atoms. The summed E-state index contributed by atoms with van der Waals surface area (Å²) >= 11 is 0. The van der Waals surface area contributed by atoms with Crippen LogP contribution < -0.4 is 19.5 Å². The lowest BCUT2D eigenvalue weighted by atomic mass is 10.1. The molecule has 2 aromatic carbocycles. The second kappa shape index (κ2) is 7.87. The predicted molar refractivity (Wildman–Crippen MR) is 110 cm³/mol. The number of aromatic nitrogens is 2. The Morgan fingerprint density at radius 3 is 2.31 bits per heavy atom. The van der Waals surface area contributed by atoms with Crippen LogP contribution in [0.1, 0.15) is 34.8 Å². The molecule has 1 heterocycles. The second-order valence-corrected chi connectivity index (χ2v) is 6.92. The molecule has 1 amide bonds. The molecule has 150 valence electrons. The van der Waals surface area contributed by atoms with Gasteiger partial charge in [-0.25, -0.2) is 0 Å². The minimum atomic E-state index is -0.255. The summed E-state index contributed by atoms with van der Waals surface area (Å²) in [4.78, 5) is 13.1. The molecule has 1 aromatic heterocycles. The van der Waals surface area contributed by atoms with Gasteiger partial charge in [-0.05, 0) is 37.1 Å². The molecule has 29 heavy (non-hydrogen) atoms. The molecule has 1 saturated carbocycles. The maximum Gasteiger partial charge on any atom is 0.256 e. The van der Waals surface area contributed by atoms with Crippen molar-refractivity contribution in [2.24, 2.45) is 0 Å². The molecule has 2 N–H and O–H groups in total. The van der Waals surface area contributed by atoms with Gasteiger partial charge in [0, 0.05) is 23.1 Å². The summed E-state index contributed by atoms with van der Waals surface area (Å²) in [7, 11) is 4.73. The van der Waals surface area contributed by atoms with Crippen LogP contribution in [0.3, 0.4) is 0 Å². The van der Waals surface area contributed by atoms with Crippen LogP contribution in [0, 0.1) is 0 Å². The van der Waals surface area contributed by atoms with Gasteiger partial charge in [-0.2, -0.15) is 5.10 Å². The molecule has 0 radical (unpaired) electrons. The number of hydrogen-bond acceptors (Lipinski definition) is 5. The number of anilines is 1. The van der Waals surface area contributed by atoms with Crippen molar-refractivity contribution in [1.82, 2.24) is 10.2 Å². The van der Waals surface area contributed by atoms with E-state index in [0.29, 0.717) is 34.4 Å². The number of nitrogens with zero attached hydrogens (tertiary/aromatic N) is 1. The van der Waals surface area contributed by atoms with Gasteiger partial charge in [0.1, 0.15) is 22.9 Å². The Morgan fingerprint density at radius 2 is 1.69 bits per heavy atom. The first-order chi connectivity index (χ1) is 14.1. The number of nitrogens with one attached hydrogen (secondary N) is 2. The number of hydrogen-bond donors (Lipinski definition) is 2. The summed E-state index contributed by atoms with van der Waals surface area (Å²) in [6, 6.07) is 12.7. The molecular formula is C22H23N3O4. The molecule has 0 aliphatic heterocycles. The Hall–Kier alpha value is -3.48. The normalized spacial score (nSPS) is 13.1. The zero-order chi connectivity index (χ0) is 20.4. The molecule has 1 aliphatic rings. The summed E-state index contributed by atoms with van der Waals surface area (Å²) in [5, 5.41) is 10.7. The van der Waals surface area contributed by atoms with E-state index in [-0.39, 0.29) is 5.91 Å². The van der Waals surface area contributed by atoms with Crippen LogP contribution in [0.15, 0.2) is 42.5 Å². The predicted octanol–water partition coefficient (Wildman–Crippen LogP) is 4.23. The highest BCUT2D eigenvalue weighted by molar-refractivity contribution is 6.07. The summed E-state index contributed by atoms with van der Waals surface area (Å²) in [6.45, 7) is 0.